The molecule has 0 aliphatic carbocycles. The lowest BCUT2D eigenvalue weighted by atomic mass is 9.95. The van der Waals surface area contributed by atoms with Crippen LogP contribution in [0.5, 0.6) is 0 Å². The Bertz CT molecular complexity index is 1040. The molecule has 3 heterocycles. The second-order valence-corrected chi connectivity index (χ2v) is 11.3. The van der Waals surface area contributed by atoms with Crippen LogP contribution in [0.3, 0.4) is 0 Å². The number of carbonyl (C=O) groups is 1. The molecule has 1 amide bonds. The van der Waals surface area contributed by atoms with Crippen LogP contribution < -0.4 is 15.4 Å². The maximum absolute atomic E-state index is 12.5. The Morgan fingerprint density at radius 1 is 1.13 bits per heavy atom. The van der Waals surface area contributed by atoms with Crippen molar-refractivity contribution in [3.05, 3.63) is 41.3 Å². The van der Waals surface area contributed by atoms with Crippen LogP contribution in [0.1, 0.15) is 28.9 Å². The van der Waals surface area contributed by atoms with Crippen LogP contribution in [0.15, 0.2) is 45.5 Å². The molecule has 2 aliphatic rings. The van der Waals surface area contributed by atoms with E-state index >= 15 is 0 Å². The lowest BCUT2D eigenvalue weighted by Gasteiger charge is -2.20. The van der Waals surface area contributed by atoms with Crippen LogP contribution in [-0.4, -0.2) is 38.0 Å². The number of amides is 1. The van der Waals surface area contributed by atoms with Crippen LogP contribution in [0.2, 0.25) is 0 Å². The number of carbonyl (C=O) groups excluding carboxylic acids is 1. The topological polar surface area (TPSA) is 87.3 Å². The Balaban J connectivity index is 1.35. The first-order valence-corrected chi connectivity index (χ1v) is 12.3. The van der Waals surface area contributed by atoms with Crippen molar-refractivity contribution < 1.29 is 26.4 Å². The largest absolute Gasteiger partial charge is 0.516 e. The van der Waals surface area contributed by atoms with E-state index in [0.29, 0.717) is 21.9 Å². The summed E-state index contributed by atoms with van der Waals surface area (Å²) in [4.78, 5) is 13.8. The Morgan fingerprint density at radius 2 is 1.87 bits per heavy atom. The summed E-state index contributed by atoms with van der Waals surface area (Å²) >= 11 is 2.67. The van der Waals surface area contributed by atoms with Gasteiger partial charge >= 0.3 is 15.5 Å². The summed E-state index contributed by atoms with van der Waals surface area (Å²) in [5, 5.41) is 6.57. The monoisotopic (exact) mass is 477 g/mol. The fraction of sp³-hybridized carbons (Fsp3) is 0.389. The molecule has 2 fully saturated rings. The van der Waals surface area contributed by atoms with Gasteiger partial charge in [0.2, 0.25) is 0 Å². The summed E-state index contributed by atoms with van der Waals surface area (Å²) in [6.45, 7) is 0. The van der Waals surface area contributed by atoms with Crippen molar-refractivity contribution in [3.8, 4) is 0 Å². The molecular formula is C18H18F3N3O3S3. The zero-order valence-corrected chi connectivity index (χ0v) is 17.9. The van der Waals surface area contributed by atoms with Gasteiger partial charge in [0.1, 0.15) is 0 Å². The predicted molar refractivity (Wildman–Crippen MR) is 109 cm³/mol. The van der Waals surface area contributed by atoms with E-state index in [0.717, 1.165) is 23.5 Å². The number of thiophene rings is 1. The zero-order chi connectivity index (χ0) is 21.5. The number of rotatable bonds is 6. The highest BCUT2D eigenvalue weighted by Gasteiger charge is 2.46. The van der Waals surface area contributed by atoms with E-state index in [-0.39, 0.29) is 17.6 Å². The lowest BCUT2D eigenvalue weighted by molar-refractivity contribution is -0.0429. The van der Waals surface area contributed by atoms with Gasteiger partial charge in [0.15, 0.2) is 0 Å². The molecule has 30 heavy (non-hydrogen) atoms. The molecular weight excluding hydrogens is 459 g/mol. The van der Waals surface area contributed by atoms with Crippen molar-refractivity contribution >= 4 is 44.7 Å². The van der Waals surface area contributed by atoms with E-state index < -0.39 is 15.5 Å². The number of hydrogen-bond donors (Lipinski definition) is 3. The minimum absolute atomic E-state index is 0.108. The van der Waals surface area contributed by atoms with Gasteiger partial charge in [-0.2, -0.15) is 21.6 Å². The third-order valence-corrected chi connectivity index (χ3v) is 8.39. The third kappa shape index (κ3) is 4.61. The van der Waals surface area contributed by atoms with Gasteiger partial charge < -0.3 is 10.6 Å². The van der Waals surface area contributed by atoms with Gasteiger partial charge in [-0.25, -0.2) is 0 Å². The van der Waals surface area contributed by atoms with Crippen LogP contribution in [0.25, 0.3) is 0 Å². The Hall–Kier alpha value is -1.76. The van der Waals surface area contributed by atoms with E-state index in [2.05, 4.69) is 10.6 Å². The number of nitrogens with one attached hydrogen (secondary N) is 3. The highest BCUT2D eigenvalue weighted by Crippen LogP contribution is 2.35. The normalized spacial score (nSPS) is 23.5. The average molecular weight is 478 g/mol. The van der Waals surface area contributed by atoms with Crippen LogP contribution >= 0.6 is 23.1 Å². The van der Waals surface area contributed by atoms with Gasteiger partial charge in [0.05, 0.1) is 9.09 Å². The fourth-order valence-corrected chi connectivity index (χ4v) is 6.21. The third-order valence-electron chi connectivity index (χ3n) is 5.05. The second kappa shape index (κ2) is 8.06. The number of hydrogen-bond acceptors (Lipinski definition) is 6. The molecule has 0 saturated carbocycles. The number of fused-ring (bicyclic) bond motifs is 2. The van der Waals surface area contributed by atoms with Crippen molar-refractivity contribution in [2.45, 2.75) is 52.0 Å². The maximum atomic E-state index is 12.5. The first-order valence-electron chi connectivity index (χ1n) is 9.14. The van der Waals surface area contributed by atoms with Gasteiger partial charge in [0, 0.05) is 28.7 Å². The predicted octanol–water partition coefficient (Wildman–Crippen LogP) is 3.78. The molecule has 3 N–H and O–H groups in total. The molecule has 4 rings (SSSR count). The molecule has 2 bridgehead atoms. The number of sulfonamides is 1. The summed E-state index contributed by atoms with van der Waals surface area (Å²) in [5.74, 6) is -0.108. The first kappa shape index (κ1) is 21.5. The van der Waals surface area contributed by atoms with Gasteiger partial charge in [-0.3, -0.25) is 9.52 Å². The zero-order valence-electron chi connectivity index (χ0n) is 15.4. The summed E-state index contributed by atoms with van der Waals surface area (Å²) in [5.41, 5.74) is -5.55. The van der Waals surface area contributed by atoms with Gasteiger partial charge in [-0.05, 0) is 55.7 Å². The van der Waals surface area contributed by atoms with Crippen molar-refractivity contribution in [2.75, 3.05) is 4.72 Å². The summed E-state index contributed by atoms with van der Waals surface area (Å²) in [6.07, 6.45) is 3.19. The summed E-state index contributed by atoms with van der Waals surface area (Å²) < 4.78 is 61.9. The van der Waals surface area contributed by atoms with Crippen LogP contribution in [0, 0.1) is 0 Å². The minimum Gasteiger partial charge on any atom is -0.347 e. The van der Waals surface area contributed by atoms with E-state index in [9.17, 15) is 26.4 Å². The molecule has 0 radical (unpaired) electrons. The Labute approximate surface area is 179 Å². The molecule has 3 unspecified atom stereocenters. The first-order chi connectivity index (χ1) is 14.1. The second-order valence-electron chi connectivity index (χ2n) is 7.16. The molecule has 0 spiro atoms. The van der Waals surface area contributed by atoms with E-state index in [1.54, 1.807) is 6.07 Å². The number of benzene rings is 1. The molecule has 3 atom stereocenters. The smallest absolute Gasteiger partial charge is 0.347 e. The van der Waals surface area contributed by atoms with Crippen molar-refractivity contribution in [1.82, 2.24) is 10.6 Å². The van der Waals surface area contributed by atoms with Crippen molar-refractivity contribution in [2.24, 2.45) is 0 Å². The molecule has 12 heteroatoms. The lowest BCUT2D eigenvalue weighted by Crippen LogP contribution is -2.42. The molecule has 2 saturated heterocycles. The quantitative estimate of drug-likeness (QED) is 0.590. The number of halogens is 3. The Kier molecular flexibility index (Phi) is 5.77. The Morgan fingerprint density at radius 3 is 2.47 bits per heavy atom. The van der Waals surface area contributed by atoms with Crippen molar-refractivity contribution in [1.29, 1.82) is 0 Å². The van der Waals surface area contributed by atoms with Crippen LogP contribution in [-0.2, 0) is 10.0 Å². The SMILES string of the molecule is O=C(NC1CC2CCC1N2)c1ccc(Sc2ccc(NS(=O)(=O)C(F)(F)F)cc2)s1. The highest BCUT2D eigenvalue weighted by atomic mass is 32.2. The fourth-order valence-electron chi connectivity index (χ4n) is 3.64. The van der Waals surface area contributed by atoms with E-state index in [4.69, 9.17) is 0 Å². The number of anilines is 1. The van der Waals surface area contributed by atoms with E-state index in [1.807, 2.05) is 6.07 Å². The average Bonchev–Trinajstić information content (AvgIpc) is 3.39. The molecule has 6 nitrogen and oxygen atoms in total. The van der Waals surface area contributed by atoms with Crippen molar-refractivity contribution in [3.63, 3.8) is 0 Å². The van der Waals surface area contributed by atoms with Gasteiger partial charge in [-0.1, -0.05) is 11.8 Å². The molecule has 1 aromatic carbocycles. The molecule has 2 aromatic rings. The van der Waals surface area contributed by atoms with Crippen LogP contribution in [0.4, 0.5) is 18.9 Å². The molecule has 1 aromatic heterocycles. The molecule has 2 aliphatic heterocycles. The minimum atomic E-state index is -5.45. The van der Waals surface area contributed by atoms with Gasteiger partial charge in [0.25, 0.3) is 5.91 Å². The van der Waals surface area contributed by atoms with E-state index in [1.165, 1.54) is 52.1 Å². The van der Waals surface area contributed by atoms with Gasteiger partial charge in [-0.15, -0.1) is 11.3 Å². The standard InChI is InChI=1S/C18H18F3N3O3S3/c19-18(20,21)30(26,27)24-10-1-4-12(5-2-10)28-16-8-7-15(29-16)17(25)23-14-9-11-3-6-13(14)22-11/h1-2,4-5,7-8,11,13-14,22,24H,3,6,9H2,(H,23,25). The maximum Gasteiger partial charge on any atom is 0.516 e. The summed E-state index contributed by atoms with van der Waals surface area (Å²) in [6, 6.07) is 10.1. The molecule has 162 valence electrons. The highest BCUT2D eigenvalue weighted by molar-refractivity contribution is 8.01. The summed E-state index contributed by atoms with van der Waals surface area (Å²) in [7, 11) is -5.45. The number of alkyl halides is 3.